The Bertz CT molecular complexity index is 1520. The number of amides is 1. The molecule has 2 aromatic carbocycles. The number of aromatic amines is 1. The van der Waals surface area contributed by atoms with Crippen molar-refractivity contribution in [1.29, 1.82) is 0 Å². The van der Waals surface area contributed by atoms with E-state index in [1.807, 2.05) is 25.1 Å². The van der Waals surface area contributed by atoms with E-state index in [-0.39, 0.29) is 5.56 Å². The number of carbonyl (C=O) groups excluding carboxylic acids is 1. The fourth-order valence-corrected chi connectivity index (χ4v) is 3.85. The van der Waals surface area contributed by atoms with E-state index in [1.165, 1.54) is 6.20 Å². The number of rotatable bonds is 4. The number of H-pyrrole nitrogens is 1. The molecule has 32 heavy (non-hydrogen) atoms. The highest BCUT2D eigenvalue weighted by Gasteiger charge is 2.15. The number of carbonyl (C=O) groups is 1. The summed E-state index contributed by atoms with van der Waals surface area (Å²) in [6, 6.07) is 12.3. The molecule has 0 aliphatic heterocycles. The van der Waals surface area contributed by atoms with E-state index in [4.69, 9.17) is 5.73 Å². The van der Waals surface area contributed by atoms with Gasteiger partial charge in [0, 0.05) is 29.4 Å². The van der Waals surface area contributed by atoms with Crippen LogP contribution in [0.1, 0.15) is 12.5 Å². The van der Waals surface area contributed by atoms with Crippen molar-refractivity contribution in [3.63, 3.8) is 0 Å². The van der Waals surface area contributed by atoms with Gasteiger partial charge in [-0.2, -0.15) is 0 Å². The normalized spacial score (nSPS) is 11.7. The molecular formula is C23H18N4O4S. The highest BCUT2D eigenvalue weighted by atomic mass is 32.2. The number of hydrogen-bond acceptors (Lipinski definition) is 5. The molecule has 0 bridgehead atoms. The summed E-state index contributed by atoms with van der Waals surface area (Å²) in [4.78, 5) is 31.5. The minimum Gasteiger partial charge on any atom is -0.370 e. The summed E-state index contributed by atoms with van der Waals surface area (Å²) in [6.45, 7) is 2.55. The molecule has 1 atom stereocenters. The maximum Gasteiger partial charge on any atom is 0.293 e. The lowest BCUT2D eigenvalue weighted by atomic mass is 9.99. The topological polar surface area (TPSA) is 138 Å². The Morgan fingerprint density at radius 1 is 1.19 bits per heavy atom. The summed E-state index contributed by atoms with van der Waals surface area (Å²) < 4.78 is 20.5. The second kappa shape index (κ2) is 8.63. The molecule has 4 aromatic rings. The van der Waals surface area contributed by atoms with Crippen molar-refractivity contribution < 1.29 is 13.6 Å². The predicted octanol–water partition coefficient (Wildman–Crippen LogP) is 2.59. The molecule has 1 amide bonds. The van der Waals surface area contributed by atoms with Crippen LogP contribution in [0.15, 0.2) is 58.4 Å². The first kappa shape index (κ1) is 21.2. The van der Waals surface area contributed by atoms with Crippen molar-refractivity contribution in [2.75, 3.05) is 11.9 Å². The number of fused-ring (bicyclic) bond motifs is 3. The first-order chi connectivity index (χ1) is 15.4. The number of benzene rings is 2. The van der Waals surface area contributed by atoms with Crippen LogP contribution in [0.25, 0.3) is 32.8 Å². The van der Waals surface area contributed by atoms with Gasteiger partial charge in [-0.3, -0.25) is 9.59 Å². The molecule has 0 fully saturated rings. The smallest absolute Gasteiger partial charge is 0.293 e. The van der Waals surface area contributed by atoms with E-state index in [1.54, 1.807) is 24.3 Å². The van der Waals surface area contributed by atoms with E-state index in [0.717, 1.165) is 16.5 Å². The molecule has 9 heteroatoms. The number of nitrogens with one attached hydrogen (secondary N) is 2. The van der Waals surface area contributed by atoms with Crippen LogP contribution in [0.5, 0.6) is 0 Å². The molecule has 0 radical (unpaired) electrons. The zero-order valence-electron chi connectivity index (χ0n) is 16.9. The summed E-state index contributed by atoms with van der Waals surface area (Å²) in [5.74, 6) is 4.76. The standard InChI is InChI=1S/C23H18N4O4S/c1-2-25-22-17-9-5-14(13-3-7-16(8-4-13)32(30)31)11-18(17)20-21(27-22)15(6-10-19(24)28)12-26-23(20)29/h3-5,7-9,11-12H,2H2,1H3,(H2,24,28)(H,25,27)(H,26,29)(H,30,31). The van der Waals surface area contributed by atoms with Crippen LogP contribution in [0.3, 0.4) is 0 Å². The van der Waals surface area contributed by atoms with Gasteiger partial charge in [0.2, 0.25) is 0 Å². The van der Waals surface area contributed by atoms with Crippen molar-refractivity contribution in [2.24, 2.45) is 5.73 Å². The van der Waals surface area contributed by atoms with E-state index < -0.39 is 17.0 Å². The third kappa shape index (κ3) is 3.97. The second-order valence-corrected chi connectivity index (χ2v) is 7.86. The van der Waals surface area contributed by atoms with Crippen LogP contribution >= 0.6 is 0 Å². The first-order valence-corrected chi connectivity index (χ1v) is 10.8. The van der Waals surface area contributed by atoms with Crippen molar-refractivity contribution in [1.82, 2.24) is 9.97 Å². The van der Waals surface area contributed by atoms with Gasteiger partial charge < -0.3 is 20.6 Å². The van der Waals surface area contributed by atoms with Crippen molar-refractivity contribution >= 4 is 44.5 Å². The van der Waals surface area contributed by atoms with E-state index in [9.17, 15) is 18.4 Å². The van der Waals surface area contributed by atoms with Gasteiger partial charge in [-0.15, -0.1) is 0 Å². The highest BCUT2D eigenvalue weighted by Crippen LogP contribution is 2.32. The summed E-state index contributed by atoms with van der Waals surface area (Å²) in [6.07, 6.45) is 1.41. The van der Waals surface area contributed by atoms with Gasteiger partial charge in [-0.1, -0.05) is 30.2 Å². The van der Waals surface area contributed by atoms with Crippen LogP contribution in [0.2, 0.25) is 0 Å². The molecule has 2 aromatic heterocycles. The summed E-state index contributed by atoms with van der Waals surface area (Å²) in [5.41, 5.74) is 7.17. The zero-order chi connectivity index (χ0) is 22.8. The molecule has 2 heterocycles. The summed E-state index contributed by atoms with van der Waals surface area (Å²) >= 11 is -2.06. The average molecular weight is 446 g/mol. The van der Waals surface area contributed by atoms with Crippen LogP contribution in [-0.2, 0) is 15.9 Å². The molecule has 0 saturated carbocycles. The van der Waals surface area contributed by atoms with Crippen molar-refractivity contribution in [2.45, 2.75) is 11.8 Å². The molecule has 0 aliphatic rings. The molecular weight excluding hydrogens is 428 g/mol. The van der Waals surface area contributed by atoms with E-state index in [2.05, 4.69) is 27.1 Å². The summed E-state index contributed by atoms with van der Waals surface area (Å²) in [5, 5.41) is 4.96. The maximum atomic E-state index is 12.8. The van der Waals surface area contributed by atoms with Crippen LogP contribution in [0, 0.1) is 11.8 Å². The minimum absolute atomic E-state index is 0.299. The molecule has 0 spiro atoms. The fraction of sp³-hybridized carbons (Fsp3) is 0.0870. The number of pyridine rings is 2. The molecule has 160 valence electrons. The molecule has 0 aliphatic carbocycles. The van der Waals surface area contributed by atoms with E-state index in [0.29, 0.717) is 39.1 Å². The third-order valence-corrected chi connectivity index (χ3v) is 5.56. The van der Waals surface area contributed by atoms with Gasteiger partial charge in [-0.05, 0) is 36.2 Å². The molecule has 1 unspecified atom stereocenters. The maximum absolute atomic E-state index is 12.8. The number of nitrogens with zero attached hydrogens (tertiary/aromatic N) is 1. The van der Waals surface area contributed by atoms with E-state index >= 15 is 0 Å². The largest absolute Gasteiger partial charge is 0.370 e. The highest BCUT2D eigenvalue weighted by molar-refractivity contribution is 7.79. The number of nitrogens with two attached hydrogens (primary N) is 1. The molecule has 0 saturated heterocycles. The van der Waals surface area contributed by atoms with Gasteiger partial charge in [0.25, 0.3) is 11.5 Å². The van der Waals surface area contributed by atoms with Gasteiger partial charge in [-0.25, -0.2) is 9.19 Å². The van der Waals surface area contributed by atoms with Crippen LogP contribution < -0.4 is 16.6 Å². The van der Waals surface area contributed by atoms with Crippen molar-refractivity contribution in [3.8, 4) is 23.0 Å². The lowest BCUT2D eigenvalue weighted by Gasteiger charge is -2.12. The monoisotopic (exact) mass is 446 g/mol. The SMILES string of the molecule is CCNc1nc2c(C#CC(N)=O)c[nH]c(=O)c2c2cc(-c3ccc(S(=O)O)cc3)ccc12. The third-order valence-electron chi connectivity index (χ3n) is 4.89. The van der Waals surface area contributed by atoms with Gasteiger partial charge >= 0.3 is 0 Å². The second-order valence-electron chi connectivity index (χ2n) is 6.89. The van der Waals surface area contributed by atoms with Crippen LogP contribution in [-0.4, -0.2) is 31.2 Å². The Balaban J connectivity index is 2.03. The lowest BCUT2D eigenvalue weighted by molar-refractivity contribution is -0.112. The zero-order valence-corrected chi connectivity index (χ0v) is 17.7. The Morgan fingerprint density at radius 3 is 2.56 bits per heavy atom. The number of hydrogen-bond donors (Lipinski definition) is 4. The Hall–Kier alpha value is -4.00. The van der Waals surface area contributed by atoms with Gasteiger partial charge in [0.1, 0.15) is 5.82 Å². The van der Waals surface area contributed by atoms with Crippen LogP contribution in [0.4, 0.5) is 5.82 Å². The predicted molar refractivity (Wildman–Crippen MR) is 125 cm³/mol. The molecule has 4 rings (SSSR count). The minimum atomic E-state index is -2.06. The molecule has 8 nitrogen and oxygen atoms in total. The fourth-order valence-electron chi connectivity index (χ4n) is 3.49. The Labute approximate surface area is 185 Å². The number of primary amides is 1. The average Bonchev–Trinajstić information content (AvgIpc) is 2.78. The number of anilines is 1. The molecule has 5 N–H and O–H groups in total. The number of aromatic nitrogens is 2. The quantitative estimate of drug-likeness (QED) is 0.216. The van der Waals surface area contributed by atoms with Gasteiger partial charge in [0.05, 0.1) is 21.4 Å². The van der Waals surface area contributed by atoms with Crippen molar-refractivity contribution in [3.05, 3.63) is 64.6 Å². The Kier molecular flexibility index (Phi) is 5.73. The van der Waals surface area contributed by atoms with Gasteiger partial charge in [0.15, 0.2) is 11.1 Å². The lowest BCUT2D eigenvalue weighted by Crippen LogP contribution is -2.11. The summed E-state index contributed by atoms with van der Waals surface area (Å²) in [7, 11) is 0. The first-order valence-electron chi connectivity index (χ1n) is 9.64. The Morgan fingerprint density at radius 2 is 1.91 bits per heavy atom.